The zero-order chi connectivity index (χ0) is 25.5. The molecule has 4 rings (SSSR count). The maximum atomic E-state index is 13.8. The van der Waals surface area contributed by atoms with E-state index in [1.807, 2.05) is 54.6 Å². The van der Waals surface area contributed by atoms with Gasteiger partial charge in [-0.1, -0.05) is 42.5 Å². The fraction of sp³-hybridized carbons (Fsp3) is 0.385. The van der Waals surface area contributed by atoms with E-state index < -0.39 is 16.1 Å². The monoisotopic (exact) mass is 511 g/mol. The van der Waals surface area contributed by atoms with E-state index >= 15 is 0 Å². The second-order valence-electron chi connectivity index (χ2n) is 8.95. The number of nitrogens with zero attached hydrogens (tertiary/aromatic N) is 4. The standard InChI is InChI=1S/C26H33N5O4S/c1-29-19-26(28-20-29)36(33,34)31-14-7-13-30(18-21-8-6-11-23(16-21)35-2)15-12-27-25(32)17-24(31)22-9-4-3-5-10-22/h3-6,8-11,16,19-20,24H,7,12-15,17-18H2,1-2H3,(H,27,32). The average molecular weight is 512 g/mol. The molecule has 1 fully saturated rings. The Labute approximate surface area is 212 Å². The molecular formula is C26H33N5O4S. The molecule has 0 spiro atoms. The van der Waals surface area contributed by atoms with Crippen molar-refractivity contribution < 1.29 is 17.9 Å². The second-order valence-corrected chi connectivity index (χ2v) is 10.8. The predicted octanol–water partition coefficient (Wildman–Crippen LogP) is 2.57. The van der Waals surface area contributed by atoms with Crippen molar-refractivity contribution in [2.45, 2.75) is 30.5 Å². The van der Waals surface area contributed by atoms with Crippen LogP contribution in [-0.4, -0.2) is 66.4 Å². The summed E-state index contributed by atoms with van der Waals surface area (Å²) in [5.74, 6) is 0.602. The third-order valence-electron chi connectivity index (χ3n) is 6.31. The van der Waals surface area contributed by atoms with Gasteiger partial charge in [-0.15, -0.1) is 0 Å². The molecule has 0 saturated carbocycles. The number of aryl methyl sites for hydroxylation is 1. The molecule has 36 heavy (non-hydrogen) atoms. The highest BCUT2D eigenvalue weighted by molar-refractivity contribution is 7.89. The maximum absolute atomic E-state index is 13.8. The number of sulfonamides is 1. The zero-order valence-corrected chi connectivity index (χ0v) is 21.5. The van der Waals surface area contributed by atoms with Gasteiger partial charge >= 0.3 is 0 Å². The van der Waals surface area contributed by atoms with Gasteiger partial charge in [0.2, 0.25) is 5.91 Å². The highest BCUT2D eigenvalue weighted by Gasteiger charge is 2.35. The summed E-state index contributed by atoms with van der Waals surface area (Å²) in [6.07, 6.45) is 3.61. The van der Waals surface area contributed by atoms with E-state index in [9.17, 15) is 13.2 Å². The third kappa shape index (κ3) is 6.31. The topological polar surface area (TPSA) is 96.8 Å². The van der Waals surface area contributed by atoms with Gasteiger partial charge in [0.1, 0.15) is 5.75 Å². The van der Waals surface area contributed by atoms with E-state index in [1.54, 1.807) is 18.7 Å². The number of amides is 1. The zero-order valence-electron chi connectivity index (χ0n) is 20.7. The van der Waals surface area contributed by atoms with Crippen molar-refractivity contribution >= 4 is 15.9 Å². The van der Waals surface area contributed by atoms with Gasteiger partial charge in [-0.3, -0.25) is 9.69 Å². The lowest BCUT2D eigenvalue weighted by molar-refractivity contribution is -0.122. The molecule has 1 amide bonds. The van der Waals surface area contributed by atoms with Gasteiger partial charge in [0.05, 0.1) is 19.5 Å². The second kappa shape index (κ2) is 11.7. The Morgan fingerprint density at radius 2 is 1.89 bits per heavy atom. The van der Waals surface area contributed by atoms with Crippen molar-refractivity contribution in [1.29, 1.82) is 0 Å². The van der Waals surface area contributed by atoms with Crippen molar-refractivity contribution in [3.63, 3.8) is 0 Å². The minimum atomic E-state index is -3.94. The van der Waals surface area contributed by atoms with Gasteiger partial charge in [0.15, 0.2) is 5.03 Å². The van der Waals surface area contributed by atoms with E-state index in [-0.39, 0.29) is 23.9 Å². The largest absolute Gasteiger partial charge is 0.497 e. The Kier molecular flexibility index (Phi) is 8.40. The molecule has 0 radical (unpaired) electrons. The molecule has 1 aliphatic heterocycles. The summed E-state index contributed by atoms with van der Waals surface area (Å²) in [5.41, 5.74) is 1.87. The lowest BCUT2D eigenvalue weighted by atomic mass is 10.0. The summed E-state index contributed by atoms with van der Waals surface area (Å²) >= 11 is 0. The number of carbonyl (C=O) groups excluding carboxylic acids is 1. The third-order valence-corrected chi connectivity index (χ3v) is 8.10. The van der Waals surface area contributed by atoms with Gasteiger partial charge in [-0.2, -0.15) is 4.31 Å². The van der Waals surface area contributed by atoms with Gasteiger partial charge in [0.25, 0.3) is 10.0 Å². The maximum Gasteiger partial charge on any atom is 0.262 e. The summed E-state index contributed by atoms with van der Waals surface area (Å²) in [4.78, 5) is 19.3. The first-order valence-electron chi connectivity index (χ1n) is 12.0. The van der Waals surface area contributed by atoms with E-state index in [4.69, 9.17) is 4.74 Å². The number of ether oxygens (including phenoxy) is 1. The van der Waals surface area contributed by atoms with E-state index in [0.29, 0.717) is 32.6 Å². The van der Waals surface area contributed by atoms with Crippen molar-refractivity contribution in [2.75, 3.05) is 33.3 Å². The fourth-order valence-electron chi connectivity index (χ4n) is 4.50. The number of hydrogen-bond donors (Lipinski definition) is 1. The first kappa shape index (κ1) is 25.9. The van der Waals surface area contributed by atoms with Gasteiger partial charge in [0, 0.05) is 45.8 Å². The van der Waals surface area contributed by atoms with Crippen molar-refractivity contribution in [3.05, 3.63) is 78.2 Å². The lowest BCUT2D eigenvalue weighted by Crippen LogP contribution is -2.39. The minimum Gasteiger partial charge on any atom is -0.497 e. The number of nitrogens with one attached hydrogen (secondary N) is 1. The van der Waals surface area contributed by atoms with Crippen LogP contribution >= 0.6 is 0 Å². The molecule has 1 aromatic heterocycles. The smallest absolute Gasteiger partial charge is 0.262 e. The molecule has 10 heteroatoms. The summed E-state index contributed by atoms with van der Waals surface area (Å²) in [6.45, 7) is 2.74. The molecule has 9 nitrogen and oxygen atoms in total. The highest BCUT2D eigenvalue weighted by atomic mass is 32.2. The Bertz CT molecular complexity index is 1260. The summed E-state index contributed by atoms with van der Waals surface area (Å²) in [6, 6.07) is 16.6. The number of benzene rings is 2. The van der Waals surface area contributed by atoms with Crippen LogP contribution in [0, 0.1) is 0 Å². The Morgan fingerprint density at radius 3 is 2.61 bits per heavy atom. The molecule has 0 bridgehead atoms. The molecule has 2 aromatic carbocycles. The van der Waals surface area contributed by atoms with Crippen LogP contribution in [0.2, 0.25) is 0 Å². The average Bonchev–Trinajstić information content (AvgIpc) is 3.31. The number of carbonyl (C=O) groups is 1. The molecule has 0 aliphatic carbocycles. The number of aromatic nitrogens is 2. The van der Waals surface area contributed by atoms with Crippen molar-refractivity contribution in [2.24, 2.45) is 7.05 Å². The Morgan fingerprint density at radius 1 is 1.08 bits per heavy atom. The van der Waals surface area contributed by atoms with E-state index in [2.05, 4.69) is 15.2 Å². The van der Waals surface area contributed by atoms with Crippen LogP contribution < -0.4 is 10.1 Å². The van der Waals surface area contributed by atoms with Crippen molar-refractivity contribution in [1.82, 2.24) is 24.1 Å². The van der Waals surface area contributed by atoms with Crippen LogP contribution in [0.3, 0.4) is 0 Å². The quantitative estimate of drug-likeness (QED) is 0.547. The molecule has 1 unspecified atom stereocenters. The predicted molar refractivity (Wildman–Crippen MR) is 137 cm³/mol. The number of hydrogen-bond acceptors (Lipinski definition) is 6. The normalized spacial score (nSPS) is 18.8. The SMILES string of the molecule is COc1cccc(CN2CCCN(S(=O)(=O)c3cn(C)cn3)C(c3ccccc3)CC(=O)NCC2)c1. The van der Waals surface area contributed by atoms with Gasteiger partial charge in [-0.25, -0.2) is 13.4 Å². The van der Waals surface area contributed by atoms with Crippen molar-refractivity contribution in [3.8, 4) is 5.75 Å². The summed E-state index contributed by atoms with van der Waals surface area (Å²) < 4.78 is 36.0. The molecule has 2 heterocycles. The number of imidazole rings is 1. The summed E-state index contributed by atoms with van der Waals surface area (Å²) in [7, 11) is -0.566. The van der Waals surface area contributed by atoms with Crippen LogP contribution in [0.15, 0.2) is 72.1 Å². The number of methoxy groups -OCH3 is 1. The van der Waals surface area contributed by atoms with Crippen LogP contribution in [0.4, 0.5) is 0 Å². The summed E-state index contributed by atoms with van der Waals surface area (Å²) in [5, 5.41) is 2.97. The molecule has 192 valence electrons. The van der Waals surface area contributed by atoms with Crippen LogP contribution in [0.5, 0.6) is 5.75 Å². The fourth-order valence-corrected chi connectivity index (χ4v) is 6.12. The number of rotatable bonds is 6. The van der Waals surface area contributed by atoms with Crippen LogP contribution in [0.25, 0.3) is 0 Å². The first-order valence-corrected chi connectivity index (χ1v) is 13.5. The Hall–Kier alpha value is -3.21. The molecule has 1 atom stereocenters. The molecular weight excluding hydrogens is 478 g/mol. The molecule has 1 saturated heterocycles. The van der Waals surface area contributed by atoms with Gasteiger partial charge in [-0.05, 0) is 36.2 Å². The van der Waals surface area contributed by atoms with Crippen LogP contribution in [-0.2, 0) is 28.4 Å². The van der Waals surface area contributed by atoms with E-state index in [0.717, 1.165) is 16.9 Å². The molecule has 1 N–H and O–H groups in total. The molecule has 3 aromatic rings. The lowest BCUT2D eigenvalue weighted by Gasteiger charge is -2.30. The van der Waals surface area contributed by atoms with Crippen LogP contribution in [0.1, 0.15) is 30.0 Å². The minimum absolute atomic E-state index is 0.0190. The highest BCUT2D eigenvalue weighted by Crippen LogP contribution is 2.30. The first-order chi connectivity index (χ1) is 17.4. The molecule has 1 aliphatic rings. The Balaban J connectivity index is 1.63. The van der Waals surface area contributed by atoms with Gasteiger partial charge < -0.3 is 14.6 Å². The van der Waals surface area contributed by atoms with E-state index in [1.165, 1.54) is 16.8 Å².